The standard InChI is InChI=1S/C73H124O6/c1-4-7-10-13-16-19-22-25-27-28-29-30-31-32-33-34-35-36-37-38-39-40-41-42-43-44-45-46-47-49-51-54-57-60-63-66-72(75)78-69-70(68-77-71(74)65-62-59-56-53-50-24-21-18-15-12-9-6-3)79-73(76)67-64-61-58-55-52-48-26-23-20-17-14-11-8-5-2/h7,10,14,16-17,19,23,25-27,29-30,32-33,35-36,38-39,70H,4-6,8-9,11-13,15,18,20-22,24,28,31,34,37,40-69H2,1-3H3/b10-7-,17-14-,19-16-,26-23-,27-25-,30-29-,33-32-,36-35-,39-38-. The van der Waals surface area contributed by atoms with Gasteiger partial charge in [-0.15, -0.1) is 0 Å². The maximum Gasteiger partial charge on any atom is 0.306 e. The zero-order chi connectivity index (χ0) is 57.1. The summed E-state index contributed by atoms with van der Waals surface area (Å²) in [7, 11) is 0. The van der Waals surface area contributed by atoms with Crippen molar-refractivity contribution in [2.24, 2.45) is 0 Å². The van der Waals surface area contributed by atoms with Crippen molar-refractivity contribution >= 4 is 17.9 Å². The number of allylic oxidation sites excluding steroid dienone is 18. The van der Waals surface area contributed by atoms with Gasteiger partial charge in [-0.25, -0.2) is 0 Å². The predicted octanol–water partition coefficient (Wildman–Crippen LogP) is 23.0. The molecule has 0 aromatic carbocycles. The Balaban J connectivity index is 4.15. The first-order valence-electron chi connectivity index (χ1n) is 33.4. The van der Waals surface area contributed by atoms with Crippen molar-refractivity contribution in [3.05, 3.63) is 109 Å². The molecule has 0 aliphatic carbocycles. The molecule has 0 spiro atoms. The Kier molecular flexibility index (Phi) is 63.3. The third-order valence-corrected chi connectivity index (χ3v) is 14.3. The molecule has 0 saturated carbocycles. The molecule has 0 heterocycles. The molecule has 0 N–H and O–H groups in total. The second-order valence-electron chi connectivity index (χ2n) is 22.0. The average Bonchev–Trinajstić information content (AvgIpc) is 3.45. The molecule has 0 aliphatic rings. The molecular weight excluding hydrogens is 973 g/mol. The minimum Gasteiger partial charge on any atom is -0.462 e. The van der Waals surface area contributed by atoms with E-state index in [4.69, 9.17) is 14.2 Å². The van der Waals surface area contributed by atoms with E-state index in [1.807, 2.05) is 0 Å². The van der Waals surface area contributed by atoms with Crippen LogP contribution in [0.5, 0.6) is 0 Å². The summed E-state index contributed by atoms with van der Waals surface area (Å²) in [4.78, 5) is 38.2. The minimum absolute atomic E-state index is 0.0801. The van der Waals surface area contributed by atoms with Crippen LogP contribution in [-0.2, 0) is 28.6 Å². The van der Waals surface area contributed by atoms with Crippen LogP contribution in [0.25, 0.3) is 0 Å². The van der Waals surface area contributed by atoms with Crippen molar-refractivity contribution in [1.29, 1.82) is 0 Å². The van der Waals surface area contributed by atoms with Gasteiger partial charge in [0.25, 0.3) is 0 Å². The summed E-state index contributed by atoms with van der Waals surface area (Å²) >= 11 is 0. The lowest BCUT2D eigenvalue weighted by Gasteiger charge is -2.18. The van der Waals surface area contributed by atoms with E-state index in [9.17, 15) is 14.4 Å². The lowest BCUT2D eigenvalue weighted by Crippen LogP contribution is -2.30. The molecule has 0 rings (SSSR count). The van der Waals surface area contributed by atoms with E-state index in [2.05, 4.69) is 130 Å². The zero-order valence-electron chi connectivity index (χ0n) is 51.9. The number of hydrogen-bond donors (Lipinski definition) is 0. The van der Waals surface area contributed by atoms with Crippen LogP contribution in [0.3, 0.4) is 0 Å². The van der Waals surface area contributed by atoms with Gasteiger partial charge in [-0.1, -0.05) is 304 Å². The van der Waals surface area contributed by atoms with Crippen molar-refractivity contribution < 1.29 is 28.6 Å². The van der Waals surface area contributed by atoms with E-state index in [1.54, 1.807) is 0 Å². The summed E-state index contributed by atoms with van der Waals surface area (Å²) in [6.45, 7) is 6.49. The summed E-state index contributed by atoms with van der Waals surface area (Å²) in [6, 6.07) is 0. The third kappa shape index (κ3) is 64.8. The summed E-state index contributed by atoms with van der Waals surface area (Å²) < 4.78 is 16.9. The molecule has 452 valence electrons. The molecule has 0 saturated heterocycles. The van der Waals surface area contributed by atoms with Gasteiger partial charge in [-0.05, 0) is 103 Å². The molecule has 6 heteroatoms. The first kappa shape index (κ1) is 75.1. The number of unbranched alkanes of at least 4 members (excludes halogenated alkanes) is 31. The highest BCUT2D eigenvalue weighted by Gasteiger charge is 2.19. The Hall–Kier alpha value is -3.93. The number of carbonyl (C=O) groups excluding carboxylic acids is 3. The fraction of sp³-hybridized carbons (Fsp3) is 0.712. The Bertz CT molecular complexity index is 1590. The van der Waals surface area contributed by atoms with Gasteiger partial charge in [-0.2, -0.15) is 0 Å². The highest BCUT2D eigenvalue weighted by Crippen LogP contribution is 2.16. The molecular formula is C73H124O6. The van der Waals surface area contributed by atoms with Crippen LogP contribution < -0.4 is 0 Å². The summed E-state index contributed by atoms with van der Waals surface area (Å²) in [6.07, 6.45) is 91.1. The quantitative estimate of drug-likeness (QED) is 0.0261. The maximum atomic E-state index is 12.9. The highest BCUT2D eigenvalue weighted by molar-refractivity contribution is 5.71. The molecule has 0 aliphatic heterocycles. The smallest absolute Gasteiger partial charge is 0.306 e. The number of rotatable bonds is 60. The minimum atomic E-state index is -0.784. The van der Waals surface area contributed by atoms with Crippen molar-refractivity contribution in [3.63, 3.8) is 0 Å². The van der Waals surface area contributed by atoms with Crippen LogP contribution in [0.1, 0.15) is 316 Å². The molecule has 0 aromatic rings. The van der Waals surface area contributed by atoms with E-state index in [0.717, 1.165) is 128 Å². The SMILES string of the molecule is CC/C=C\C/C=C\C/C=C\C/C=C\C/C=C\C/C=C\C/C=C\CCCCCCCCCCCCCCCC(=O)OCC(COC(=O)CCCCCCCCCCCCCC)OC(=O)CCCCCCC/C=C\C/C=C\CCCC. The number of hydrogen-bond acceptors (Lipinski definition) is 6. The molecule has 0 bridgehead atoms. The van der Waals surface area contributed by atoms with Gasteiger partial charge in [0, 0.05) is 19.3 Å². The van der Waals surface area contributed by atoms with Crippen LogP contribution in [0.15, 0.2) is 109 Å². The molecule has 0 fully saturated rings. The van der Waals surface area contributed by atoms with E-state index in [1.165, 1.54) is 148 Å². The van der Waals surface area contributed by atoms with Crippen LogP contribution >= 0.6 is 0 Å². The van der Waals surface area contributed by atoms with Crippen LogP contribution in [-0.4, -0.2) is 37.2 Å². The average molecular weight is 1100 g/mol. The van der Waals surface area contributed by atoms with E-state index in [0.29, 0.717) is 19.3 Å². The monoisotopic (exact) mass is 1100 g/mol. The lowest BCUT2D eigenvalue weighted by atomic mass is 10.0. The number of carbonyl (C=O) groups is 3. The fourth-order valence-corrected chi connectivity index (χ4v) is 9.26. The van der Waals surface area contributed by atoms with Gasteiger partial charge in [0.15, 0.2) is 6.10 Å². The zero-order valence-corrected chi connectivity index (χ0v) is 51.9. The normalized spacial score (nSPS) is 12.8. The third-order valence-electron chi connectivity index (χ3n) is 14.3. The van der Waals surface area contributed by atoms with Gasteiger partial charge in [0.2, 0.25) is 0 Å². The van der Waals surface area contributed by atoms with Gasteiger partial charge in [-0.3, -0.25) is 14.4 Å². The lowest BCUT2D eigenvalue weighted by molar-refractivity contribution is -0.167. The summed E-state index contributed by atoms with van der Waals surface area (Å²) in [5.74, 6) is -0.886. The molecule has 6 nitrogen and oxygen atoms in total. The van der Waals surface area contributed by atoms with Crippen molar-refractivity contribution in [3.8, 4) is 0 Å². The molecule has 79 heavy (non-hydrogen) atoms. The Morgan fingerprint density at radius 1 is 0.266 bits per heavy atom. The Morgan fingerprint density at radius 3 is 0.810 bits per heavy atom. The van der Waals surface area contributed by atoms with Crippen molar-refractivity contribution in [1.82, 2.24) is 0 Å². The second kappa shape index (κ2) is 66.6. The first-order valence-corrected chi connectivity index (χ1v) is 33.4. The van der Waals surface area contributed by atoms with Crippen LogP contribution in [0, 0.1) is 0 Å². The van der Waals surface area contributed by atoms with Crippen LogP contribution in [0.2, 0.25) is 0 Å². The van der Waals surface area contributed by atoms with Gasteiger partial charge < -0.3 is 14.2 Å². The van der Waals surface area contributed by atoms with Gasteiger partial charge in [0.1, 0.15) is 13.2 Å². The first-order chi connectivity index (χ1) is 39.0. The van der Waals surface area contributed by atoms with Crippen molar-refractivity contribution in [2.45, 2.75) is 322 Å². The van der Waals surface area contributed by atoms with Crippen molar-refractivity contribution in [2.75, 3.05) is 13.2 Å². The summed E-state index contributed by atoms with van der Waals surface area (Å²) in [5, 5.41) is 0. The number of ether oxygens (including phenoxy) is 3. The molecule has 1 unspecified atom stereocenters. The van der Waals surface area contributed by atoms with E-state index < -0.39 is 6.10 Å². The number of esters is 3. The van der Waals surface area contributed by atoms with Gasteiger partial charge in [0.05, 0.1) is 0 Å². The molecule has 0 amide bonds. The van der Waals surface area contributed by atoms with E-state index in [-0.39, 0.29) is 31.1 Å². The summed E-state index contributed by atoms with van der Waals surface area (Å²) in [5.41, 5.74) is 0. The molecule has 0 aromatic heterocycles. The molecule has 0 radical (unpaired) electrons. The van der Waals surface area contributed by atoms with Gasteiger partial charge >= 0.3 is 17.9 Å². The van der Waals surface area contributed by atoms with E-state index >= 15 is 0 Å². The fourth-order valence-electron chi connectivity index (χ4n) is 9.26. The topological polar surface area (TPSA) is 78.9 Å². The predicted molar refractivity (Wildman–Crippen MR) is 343 cm³/mol. The Labute approximate surface area is 489 Å². The highest BCUT2D eigenvalue weighted by atomic mass is 16.6. The maximum absolute atomic E-state index is 12.9. The van der Waals surface area contributed by atoms with Crippen LogP contribution in [0.4, 0.5) is 0 Å². The Morgan fingerprint density at radius 2 is 0.506 bits per heavy atom. The largest absolute Gasteiger partial charge is 0.462 e. The second-order valence-corrected chi connectivity index (χ2v) is 22.0. The molecule has 1 atom stereocenters.